The van der Waals surface area contributed by atoms with Crippen molar-refractivity contribution in [1.29, 1.82) is 0 Å². The van der Waals surface area contributed by atoms with Gasteiger partial charge in [-0.05, 0) is 37.5 Å². The van der Waals surface area contributed by atoms with Crippen LogP contribution in [0.2, 0.25) is 10.0 Å². The Kier molecular flexibility index (Phi) is 8.02. The summed E-state index contributed by atoms with van der Waals surface area (Å²) in [6, 6.07) is 3.66. The largest absolute Gasteiger partial charge is 0.446 e. The molecule has 8 nitrogen and oxygen atoms in total. The molecule has 6 atom stereocenters. The van der Waals surface area contributed by atoms with Gasteiger partial charge in [0.05, 0.1) is 27.9 Å². The maximum atomic E-state index is 13.0. The van der Waals surface area contributed by atoms with Crippen molar-refractivity contribution >= 4 is 40.9 Å². The minimum atomic E-state index is -1.65. The highest BCUT2D eigenvalue weighted by molar-refractivity contribution is 6.44. The number of fused-ring (bicyclic) bond motifs is 5. The average Bonchev–Trinajstić information content (AvgIpc) is 3.60. The maximum Gasteiger partial charge on any atom is 0.409 e. The van der Waals surface area contributed by atoms with Crippen molar-refractivity contribution in [3.8, 4) is 0 Å². The van der Waals surface area contributed by atoms with Gasteiger partial charge in [-0.25, -0.2) is 4.79 Å². The van der Waals surface area contributed by atoms with Crippen LogP contribution in [0.15, 0.2) is 35.9 Å². The third-order valence-electron chi connectivity index (χ3n) is 7.14. The first-order valence-corrected chi connectivity index (χ1v) is 12.8. The highest BCUT2D eigenvalue weighted by Crippen LogP contribution is 2.40. The molecule has 2 amide bonds. The number of benzene rings is 1. The van der Waals surface area contributed by atoms with Crippen molar-refractivity contribution in [2.75, 3.05) is 19.1 Å². The van der Waals surface area contributed by atoms with Crippen molar-refractivity contribution in [2.24, 2.45) is 5.92 Å². The van der Waals surface area contributed by atoms with Gasteiger partial charge in [-0.1, -0.05) is 53.9 Å². The molecule has 0 unspecified atom stereocenters. The highest BCUT2D eigenvalue weighted by atomic mass is 35.5. The second kappa shape index (κ2) is 10.7. The van der Waals surface area contributed by atoms with E-state index in [0.29, 0.717) is 28.6 Å². The second-order valence-electron chi connectivity index (χ2n) is 9.83. The van der Waals surface area contributed by atoms with Crippen LogP contribution in [0.5, 0.6) is 0 Å². The summed E-state index contributed by atoms with van der Waals surface area (Å²) in [4.78, 5) is 26.9. The number of carbonyl (C=O) groups excluding carboxylic acids is 2. The molecule has 1 aromatic carbocycles. The third kappa shape index (κ3) is 5.73. The lowest BCUT2D eigenvalue weighted by atomic mass is 9.87. The normalized spacial score (nSPS) is 35.7. The molecular weight excluding hydrogens is 507 g/mol. The summed E-state index contributed by atoms with van der Waals surface area (Å²) in [5.41, 5.74) is 0.816. The molecule has 2 N–H and O–H groups in total. The van der Waals surface area contributed by atoms with Crippen molar-refractivity contribution < 1.29 is 28.9 Å². The summed E-state index contributed by atoms with van der Waals surface area (Å²) in [7, 11) is 3.16. The molecule has 0 spiro atoms. The molecule has 3 aliphatic heterocycles. The molecule has 3 aliphatic rings. The van der Waals surface area contributed by atoms with E-state index in [1.165, 1.54) is 12.0 Å². The van der Waals surface area contributed by atoms with Crippen LogP contribution in [0, 0.1) is 5.92 Å². The van der Waals surface area contributed by atoms with Gasteiger partial charge in [0.15, 0.2) is 5.72 Å². The maximum absolute atomic E-state index is 13.0. The first kappa shape index (κ1) is 26.9. The lowest BCUT2D eigenvalue weighted by Crippen LogP contribution is -2.63. The molecule has 2 fully saturated rings. The summed E-state index contributed by atoms with van der Waals surface area (Å²) < 4.78 is 16.9. The molecule has 0 aliphatic carbocycles. The Morgan fingerprint density at radius 3 is 2.72 bits per heavy atom. The zero-order valence-corrected chi connectivity index (χ0v) is 22.3. The van der Waals surface area contributed by atoms with E-state index in [0.717, 1.165) is 11.1 Å². The van der Waals surface area contributed by atoms with E-state index in [9.17, 15) is 14.7 Å². The molecule has 0 saturated carbocycles. The van der Waals surface area contributed by atoms with Crippen molar-refractivity contribution in [1.82, 2.24) is 5.32 Å². The number of ether oxygens (including phenoxy) is 3. The number of epoxide rings is 1. The van der Waals surface area contributed by atoms with Crippen LogP contribution < -0.4 is 10.2 Å². The van der Waals surface area contributed by atoms with Gasteiger partial charge in [0.1, 0.15) is 12.2 Å². The Hall–Kier alpha value is -2.10. The van der Waals surface area contributed by atoms with Gasteiger partial charge in [-0.3, -0.25) is 10.1 Å². The van der Waals surface area contributed by atoms with E-state index in [4.69, 9.17) is 37.4 Å². The van der Waals surface area contributed by atoms with Crippen LogP contribution in [0.25, 0.3) is 0 Å². The molecule has 10 heteroatoms. The van der Waals surface area contributed by atoms with Crippen LogP contribution in [-0.4, -0.2) is 61.4 Å². The van der Waals surface area contributed by atoms with E-state index in [1.807, 2.05) is 26.0 Å². The van der Waals surface area contributed by atoms with Gasteiger partial charge >= 0.3 is 6.09 Å². The van der Waals surface area contributed by atoms with Crippen LogP contribution in [0.1, 0.15) is 38.7 Å². The van der Waals surface area contributed by atoms with Gasteiger partial charge in [-0.2, -0.15) is 0 Å². The van der Waals surface area contributed by atoms with E-state index in [2.05, 4.69) is 5.32 Å². The molecule has 36 heavy (non-hydrogen) atoms. The standard InChI is InChI=1S/C26H32Cl2N2O6/c1-14-6-5-7-21(34-4)26(33)13-20(36-25(32)29-26)15(2)24-19(35-24)8-9-22(31)30(3)18-12-16(10-14)11-17(27)23(18)28/h5-7,11-12,15,19-21,24,33H,8-10,13H2,1-4H3,(H,29,32)/b7-5+,14-6+/t15-,19+,20+,21-,24+,26+/m1/s1. The Labute approximate surface area is 221 Å². The lowest BCUT2D eigenvalue weighted by molar-refractivity contribution is -0.142. The second-order valence-corrected chi connectivity index (χ2v) is 10.6. The number of methoxy groups -OCH3 is 1. The number of carbonyl (C=O) groups is 2. The number of halogens is 2. The SMILES string of the molecule is CO[C@@H]1/C=C/C=C(\C)Cc2cc(Cl)c(Cl)c(c2)N(C)C(=O)CC[C@@H]2O[C@H]2[C@H](C)[C@@H]2C[C@@]1(O)NC(=O)O2. The summed E-state index contributed by atoms with van der Waals surface area (Å²) in [5, 5.41) is 14.6. The highest BCUT2D eigenvalue weighted by Gasteiger charge is 2.52. The zero-order chi connectivity index (χ0) is 26.2. The Bertz CT molecular complexity index is 1090. The number of anilines is 1. The van der Waals surface area contributed by atoms with Crippen molar-refractivity contribution in [3.63, 3.8) is 0 Å². The molecule has 4 bridgehead atoms. The number of amides is 2. The van der Waals surface area contributed by atoms with E-state index < -0.39 is 24.0 Å². The predicted molar refractivity (Wildman–Crippen MR) is 137 cm³/mol. The van der Waals surface area contributed by atoms with E-state index in [1.54, 1.807) is 25.3 Å². The first-order valence-electron chi connectivity index (χ1n) is 12.0. The van der Waals surface area contributed by atoms with Gasteiger partial charge in [0.2, 0.25) is 5.91 Å². The Morgan fingerprint density at radius 2 is 2.00 bits per heavy atom. The molecule has 0 radical (unpaired) electrons. The van der Waals surface area contributed by atoms with Crippen LogP contribution in [-0.2, 0) is 25.4 Å². The molecular formula is C26H32Cl2N2O6. The quantitative estimate of drug-likeness (QED) is 0.514. The fourth-order valence-corrected chi connectivity index (χ4v) is 5.44. The summed E-state index contributed by atoms with van der Waals surface area (Å²) >= 11 is 12.9. The van der Waals surface area contributed by atoms with E-state index >= 15 is 0 Å². The van der Waals surface area contributed by atoms with Gasteiger partial charge in [-0.15, -0.1) is 0 Å². The number of nitrogens with zero attached hydrogens (tertiary/aromatic N) is 1. The minimum Gasteiger partial charge on any atom is -0.446 e. The van der Waals surface area contributed by atoms with Crippen molar-refractivity contribution in [3.05, 3.63) is 51.5 Å². The number of rotatable bonds is 1. The van der Waals surface area contributed by atoms with Gasteiger partial charge in [0, 0.05) is 32.9 Å². The lowest BCUT2D eigenvalue weighted by Gasteiger charge is -2.41. The molecule has 3 heterocycles. The topological polar surface area (TPSA) is 101 Å². The molecule has 1 aromatic rings. The number of nitrogens with one attached hydrogen (secondary N) is 1. The van der Waals surface area contributed by atoms with Crippen LogP contribution >= 0.6 is 23.2 Å². The van der Waals surface area contributed by atoms with E-state index in [-0.39, 0.29) is 36.9 Å². The summed E-state index contributed by atoms with van der Waals surface area (Å²) in [6.45, 7) is 3.88. The third-order valence-corrected chi connectivity index (χ3v) is 7.93. The Morgan fingerprint density at radius 1 is 1.25 bits per heavy atom. The smallest absolute Gasteiger partial charge is 0.409 e. The average molecular weight is 539 g/mol. The van der Waals surface area contributed by atoms with Gasteiger partial charge < -0.3 is 24.2 Å². The molecule has 2 saturated heterocycles. The molecule has 0 aromatic heterocycles. The van der Waals surface area contributed by atoms with Crippen LogP contribution in [0.4, 0.5) is 10.5 Å². The summed E-state index contributed by atoms with van der Waals surface area (Å²) in [6.07, 6.45) is 4.42. The zero-order valence-electron chi connectivity index (χ0n) is 20.8. The Balaban J connectivity index is 1.67. The summed E-state index contributed by atoms with van der Waals surface area (Å²) in [5.74, 6) is -0.290. The number of hydrogen-bond donors (Lipinski definition) is 2. The van der Waals surface area contributed by atoms with Crippen LogP contribution in [0.3, 0.4) is 0 Å². The fourth-order valence-electron chi connectivity index (χ4n) is 4.96. The number of allylic oxidation sites excluding steroid dienone is 3. The number of hydrogen-bond acceptors (Lipinski definition) is 6. The minimum absolute atomic E-state index is 0.106. The molecule has 4 rings (SSSR count). The van der Waals surface area contributed by atoms with Crippen molar-refractivity contribution in [2.45, 2.75) is 69.7 Å². The number of aliphatic hydroxyl groups is 1. The predicted octanol–water partition coefficient (Wildman–Crippen LogP) is 4.40. The molecule has 196 valence electrons. The fraction of sp³-hybridized carbons (Fsp3) is 0.538. The number of alkyl carbamates (subject to hydrolysis) is 1. The first-order chi connectivity index (χ1) is 17.0. The monoisotopic (exact) mass is 538 g/mol. The van der Waals surface area contributed by atoms with Gasteiger partial charge in [0.25, 0.3) is 0 Å².